The first-order chi connectivity index (χ1) is 14.0. The van der Waals surface area contributed by atoms with Crippen LogP contribution in [0.15, 0.2) is 35.7 Å². The van der Waals surface area contributed by atoms with Crippen LogP contribution in [0.4, 0.5) is 0 Å². The van der Waals surface area contributed by atoms with E-state index in [4.69, 9.17) is 0 Å². The Morgan fingerprint density at radius 1 is 0.931 bits per heavy atom. The topological polar surface area (TPSA) is 18.5 Å². The highest BCUT2D eigenvalue weighted by Gasteiger charge is 2.18. The second-order valence-corrected chi connectivity index (χ2v) is 9.15. The van der Waals surface area contributed by atoms with E-state index in [1.165, 1.54) is 75.9 Å². The molecule has 0 aliphatic carbocycles. The van der Waals surface area contributed by atoms with Gasteiger partial charge in [-0.3, -0.25) is 4.90 Å². The molecule has 3 heteroatoms. The summed E-state index contributed by atoms with van der Waals surface area (Å²) in [5, 5.41) is 3.50. The lowest BCUT2D eigenvalue weighted by Crippen LogP contribution is -2.46. The summed E-state index contributed by atoms with van der Waals surface area (Å²) in [6.45, 7) is 22.6. The quantitative estimate of drug-likeness (QED) is 0.254. The molecule has 0 saturated carbocycles. The summed E-state index contributed by atoms with van der Waals surface area (Å²) in [7, 11) is 0. The summed E-state index contributed by atoms with van der Waals surface area (Å²) in [5.74, 6) is 0.689. The smallest absolute Gasteiger partial charge is 0.0357 e. The van der Waals surface area contributed by atoms with Gasteiger partial charge in [-0.1, -0.05) is 66.4 Å². The van der Waals surface area contributed by atoms with E-state index in [0.29, 0.717) is 5.92 Å². The molecule has 0 aromatic rings. The molecule has 3 nitrogen and oxygen atoms in total. The highest BCUT2D eigenvalue weighted by atomic mass is 15.3. The summed E-state index contributed by atoms with van der Waals surface area (Å²) >= 11 is 0. The van der Waals surface area contributed by atoms with Crippen LogP contribution in [0.25, 0.3) is 0 Å². The Kier molecular flexibility index (Phi) is 13.9. The minimum Gasteiger partial charge on any atom is -0.386 e. The molecule has 0 aromatic carbocycles. The van der Waals surface area contributed by atoms with Crippen LogP contribution in [0, 0.1) is 5.92 Å². The Morgan fingerprint density at radius 3 is 2.21 bits per heavy atom. The number of nitrogens with one attached hydrogen (secondary N) is 1. The zero-order valence-electron chi connectivity index (χ0n) is 20.2. The maximum Gasteiger partial charge on any atom is 0.0357 e. The van der Waals surface area contributed by atoms with Crippen LogP contribution < -0.4 is 5.32 Å². The minimum absolute atomic E-state index is 0.689. The van der Waals surface area contributed by atoms with E-state index in [2.05, 4.69) is 68.5 Å². The molecule has 0 aromatic heterocycles. The fraction of sp³-hybridized carbons (Fsp3) is 0.769. The van der Waals surface area contributed by atoms with Gasteiger partial charge in [-0.05, 0) is 56.4 Å². The molecule has 1 N–H and O–H groups in total. The molecule has 1 saturated heterocycles. The van der Waals surface area contributed by atoms with Crippen molar-refractivity contribution in [3.05, 3.63) is 35.7 Å². The third kappa shape index (κ3) is 11.5. The van der Waals surface area contributed by atoms with Crippen LogP contribution in [-0.4, -0.2) is 49.1 Å². The first-order valence-electron chi connectivity index (χ1n) is 12.3. The number of nitrogens with zero attached hydrogens (tertiary/aromatic N) is 2. The average molecular weight is 404 g/mol. The monoisotopic (exact) mass is 403 g/mol. The number of allylic oxidation sites excluding steroid dienone is 3. The molecule has 0 bridgehead atoms. The first kappa shape index (κ1) is 25.8. The molecule has 0 amide bonds. The summed E-state index contributed by atoms with van der Waals surface area (Å²) in [6, 6.07) is 0. The molecule has 0 radical (unpaired) electrons. The second kappa shape index (κ2) is 15.6. The Bertz CT molecular complexity index is 496. The molecule has 1 aliphatic rings. The second-order valence-electron chi connectivity index (χ2n) is 9.15. The number of unbranched alkanes of at least 4 members (excludes halogenated alkanes) is 5. The molecule has 1 rings (SSSR count). The van der Waals surface area contributed by atoms with Crippen molar-refractivity contribution < 1.29 is 0 Å². The van der Waals surface area contributed by atoms with E-state index < -0.39 is 0 Å². The van der Waals surface area contributed by atoms with E-state index in [0.717, 1.165) is 31.8 Å². The van der Waals surface area contributed by atoms with Crippen molar-refractivity contribution in [3.8, 4) is 0 Å². The van der Waals surface area contributed by atoms with Crippen LogP contribution in [-0.2, 0) is 0 Å². The van der Waals surface area contributed by atoms with Gasteiger partial charge in [0.05, 0.1) is 0 Å². The van der Waals surface area contributed by atoms with Crippen LogP contribution >= 0.6 is 0 Å². The van der Waals surface area contributed by atoms with Gasteiger partial charge in [0.25, 0.3) is 0 Å². The Balaban J connectivity index is 2.60. The van der Waals surface area contributed by atoms with Gasteiger partial charge in [0.1, 0.15) is 0 Å². The zero-order chi connectivity index (χ0) is 21.5. The van der Waals surface area contributed by atoms with Gasteiger partial charge in [0.15, 0.2) is 0 Å². The lowest BCUT2D eigenvalue weighted by molar-refractivity contribution is 0.159. The van der Waals surface area contributed by atoms with E-state index in [1.54, 1.807) is 0 Å². The molecule has 29 heavy (non-hydrogen) atoms. The Labute approximate surface area is 182 Å². The predicted molar refractivity (Wildman–Crippen MR) is 130 cm³/mol. The predicted octanol–water partition coefficient (Wildman–Crippen LogP) is 6.35. The molecular weight excluding hydrogens is 354 g/mol. The van der Waals surface area contributed by atoms with Gasteiger partial charge in [-0.15, -0.1) is 0 Å². The maximum atomic E-state index is 4.22. The van der Waals surface area contributed by atoms with Gasteiger partial charge in [-0.2, -0.15) is 0 Å². The highest BCUT2D eigenvalue weighted by molar-refractivity contribution is 5.29. The molecule has 0 unspecified atom stereocenters. The molecule has 0 spiro atoms. The molecule has 168 valence electrons. The summed E-state index contributed by atoms with van der Waals surface area (Å²) in [5.41, 5.74) is 3.96. The SMILES string of the molecule is C=C(/C=C\C(=C(/C)CC(C)C)N1CCN(CCCC)CC1)NCCCCCCC. The van der Waals surface area contributed by atoms with Crippen molar-refractivity contribution in [1.82, 2.24) is 15.1 Å². The van der Waals surface area contributed by atoms with Crippen molar-refractivity contribution in [2.45, 2.75) is 86.0 Å². The largest absolute Gasteiger partial charge is 0.386 e. The first-order valence-corrected chi connectivity index (χ1v) is 12.3. The Hall–Kier alpha value is -1.22. The summed E-state index contributed by atoms with van der Waals surface area (Å²) in [4.78, 5) is 5.22. The van der Waals surface area contributed by atoms with Crippen LogP contribution in [0.1, 0.15) is 86.0 Å². The minimum atomic E-state index is 0.689. The fourth-order valence-electron chi connectivity index (χ4n) is 4.04. The van der Waals surface area contributed by atoms with Gasteiger partial charge in [0, 0.05) is 44.1 Å². The van der Waals surface area contributed by atoms with Crippen molar-refractivity contribution in [3.63, 3.8) is 0 Å². The number of hydrogen-bond acceptors (Lipinski definition) is 3. The normalized spacial score (nSPS) is 16.6. The fourth-order valence-corrected chi connectivity index (χ4v) is 4.04. The molecule has 1 aliphatic heterocycles. The lowest BCUT2D eigenvalue weighted by Gasteiger charge is -2.37. The third-order valence-corrected chi connectivity index (χ3v) is 5.77. The maximum absolute atomic E-state index is 4.22. The summed E-state index contributed by atoms with van der Waals surface area (Å²) < 4.78 is 0. The van der Waals surface area contributed by atoms with Gasteiger partial charge in [0.2, 0.25) is 0 Å². The number of piperazine rings is 1. The van der Waals surface area contributed by atoms with Gasteiger partial charge in [-0.25, -0.2) is 0 Å². The molecule has 1 fully saturated rings. The highest BCUT2D eigenvalue weighted by Crippen LogP contribution is 2.21. The van der Waals surface area contributed by atoms with E-state index in [9.17, 15) is 0 Å². The van der Waals surface area contributed by atoms with Crippen molar-refractivity contribution in [2.24, 2.45) is 5.92 Å². The van der Waals surface area contributed by atoms with Gasteiger partial charge < -0.3 is 10.2 Å². The standard InChI is InChI=1S/C26H49N3/c1-7-9-11-12-13-16-27-25(6)14-15-26(24(5)22-23(3)4)29-20-18-28(19-21-29)17-10-8-2/h14-15,23,27H,6-13,16-22H2,1-5H3/b15-14-,26-24-. The Morgan fingerprint density at radius 2 is 1.59 bits per heavy atom. The molecule has 1 heterocycles. The van der Waals surface area contributed by atoms with Crippen LogP contribution in [0.2, 0.25) is 0 Å². The summed E-state index contributed by atoms with van der Waals surface area (Å²) in [6.07, 6.45) is 14.8. The number of rotatable bonds is 15. The van der Waals surface area contributed by atoms with Gasteiger partial charge >= 0.3 is 0 Å². The third-order valence-electron chi connectivity index (χ3n) is 5.77. The van der Waals surface area contributed by atoms with Crippen molar-refractivity contribution in [1.29, 1.82) is 0 Å². The molecular formula is C26H49N3. The lowest BCUT2D eigenvalue weighted by atomic mass is 10.0. The van der Waals surface area contributed by atoms with E-state index >= 15 is 0 Å². The zero-order valence-corrected chi connectivity index (χ0v) is 20.2. The molecule has 0 atom stereocenters. The van der Waals surface area contributed by atoms with Crippen molar-refractivity contribution in [2.75, 3.05) is 39.3 Å². The van der Waals surface area contributed by atoms with E-state index in [-0.39, 0.29) is 0 Å². The number of hydrogen-bond donors (Lipinski definition) is 1. The average Bonchev–Trinajstić information content (AvgIpc) is 2.69. The van der Waals surface area contributed by atoms with E-state index in [1.807, 2.05) is 0 Å². The van der Waals surface area contributed by atoms with Crippen molar-refractivity contribution >= 4 is 0 Å². The van der Waals surface area contributed by atoms with Crippen LogP contribution in [0.5, 0.6) is 0 Å². The van der Waals surface area contributed by atoms with Crippen LogP contribution in [0.3, 0.4) is 0 Å².